The van der Waals surface area contributed by atoms with Crippen LogP contribution in [0.4, 0.5) is 0 Å². The number of benzene rings is 1. The Bertz CT molecular complexity index is 926. The van der Waals surface area contributed by atoms with E-state index in [1.165, 1.54) is 12.8 Å². The number of aromatic amines is 1. The first kappa shape index (κ1) is 22.4. The molecular formula is C25H34N4O3. The molecule has 2 fully saturated rings. The van der Waals surface area contributed by atoms with E-state index in [2.05, 4.69) is 10.2 Å². The van der Waals surface area contributed by atoms with Crippen molar-refractivity contribution in [3.63, 3.8) is 0 Å². The number of piperidine rings is 1. The number of amides is 2. The van der Waals surface area contributed by atoms with Crippen LogP contribution in [-0.4, -0.2) is 64.6 Å². The summed E-state index contributed by atoms with van der Waals surface area (Å²) in [5.74, 6) is 0.921. The number of nitrogens with one attached hydrogen (secondary N) is 1. The van der Waals surface area contributed by atoms with E-state index in [-0.39, 0.29) is 24.3 Å². The topological polar surface area (TPSA) is 78.5 Å². The van der Waals surface area contributed by atoms with E-state index in [1.807, 2.05) is 41.8 Å². The van der Waals surface area contributed by atoms with Gasteiger partial charge in [0.25, 0.3) is 11.8 Å². The molecule has 2 amide bonds. The lowest BCUT2D eigenvalue weighted by molar-refractivity contribution is -0.134. The monoisotopic (exact) mass is 438 g/mol. The molecule has 7 nitrogen and oxygen atoms in total. The number of carbonyl (C=O) groups is 2. The molecule has 0 saturated carbocycles. The lowest BCUT2D eigenvalue weighted by atomic mass is 9.92. The van der Waals surface area contributed by atoms with Crippen LogP contribution >= 0.6 is 0 Å². The van der Waals surface area contributed by atoms with Crippen LogP contribution in [0.25, 0.3) is 0 Å². The molecule has 1 aromatic carbocycles. The first-order valence-corrected chi connectivity index (χ1v) is 11.8. The molecule has 0 aliphatic carbocycles. The zero-order valence-electron chi connectivity index (χ0n) is 19.2. The zero-order chi connectivity index (χ0) is 22.5. The summed E-state index contributed by atoms with van der Waals surface area (Å²) in [5.41, 5.74) is 3.59. The minimum Gasteiger partial charge on any atom is -0.483 e. The molecule has 2 aromatic rings. The van der Waals surface area contributed by atoms with Crippen molar-refractivity contribution in [2.75, 3.05) is 32.8 Å². The summed E-state index contributed by atoms with van der Waals surface area (Å²) in [4.78, 5) is 29.9. The van der Waals surface area contributed by atoms with Gasteiger partial charge in [-0.1, -0.05) is 31.0 Å². The Morgan fingerprint density at radius 1 is 1.03 bits per heavy atom. The summed E-state index contributed by atoms with van der Waals surface area (Å²) in [6.07, 6.45) is 7.99. The Labute approximate surface area is 190 Å². The smallest absolute Gasteiger partial charge is 0.260 e. The Morgan fingerprint density at radius 2 is 1.72 bits per heavy atom. The first-order valence-electron chi connectivity index (χ1n) is 11.8. The second-order valence-electron chi connectivity index (χ2n) is 9.09. The van der Waals surface area contributed by atoms with E-state index in [4.69, 9.17) is 4.74 Å². The summed E-state index contributed by atoms with van der Waals surface area (Å²) in [6, 6.07) is 5.97. The van der Waals surface area contributed by atoms with Gasteiger partial charge in [0.05, 0.1) is 17.5 Å². The van der Waals surface area contributed by atoms with Gasteiger partial charge in [0.2, 0.25) is 0 Å². The molecule has 0 radical (unpaired) electrons. The van der Waals surface area contributed by atoms with Crippen LogP contribution in [0.2, 0.25) is 0 Å². The predicted molar refractivity (Wildman–Crippen MR) is 123 cm³/mol. The van der Waals surface area contributed by atoms with Crippen LogP contribution in [0.3, 0.4) is 0 Å². The number of H-pyrrole nitrogens is 1. The molecule has 0 bridgehead atoms. The van der Waals surface area contributed by atoms with E-state index in [0.29, 0.717) is 12.1 Å². The van der Waals surface area contributed by atoms with Gasteiger partial charge in [-0.25, -0.2) is 0 Å². The SMILES string of the molecule is Cc1cccc(C)c1OCC(=O)N1CCC[C@@H](c2[nH]ncc2C(=O)N2CCCCCC2)C1. The normalized spacial score (nSPS) is 19.5. The summed E-state index contributed by atoms with van der Waals surface area (Å²) < 4.78 is 5.89. The van der Waals surface area contributed by atoms with Crippen LogP contribution in [0.1, 0.15) is 71.6 Å². The molecule has 4 rings (SSSR count). The minimum atomic E-state index is -0.0164. The highest BCUT2D eigenvalue weighted by Gasteiger charge is 2.30. The van der Waals surface area contributed by atoms with Gasteiger partial charge in [-0.2, -0.15) is 5.10 Å². The Kier molecular flexibility index (Phi) is 7.12. The molecule has 2 aliphatic rings. The first-order chi connectivity index (χ1) is 15.5. The van der Waals surface area contributed by atoms with Gasteiger partial charge < -0.3 is 14.5 Å². The van der Waals surface area contributed by atoms with Crippen molar-refractivity contribution in [3.05, 3.63) is 46.8 Å². The van der Waals surface area contributed by atoms with Crippen molar-refractivity contribution in [2.45, 2.75) is 58.3 Å². The molecule has 32 heavy (non-hydrogen) atoms. The van der Waals surface area contributed by atoms with Crippen molar-refractivity contribution >= 4 is 11.8 Å². The van der Waals surface area contributed by atoms with Crippen molar-refractivity contribution in [1.29, 1.82) is 0 Å². The average molecular weight is 439 g/mol. The Hall–Kier alpha value is -2.83. The van der Waals surface area contributed by atoms with Gasteiger partial charge in [-0.3, -0.25) is 14.7 Å². The minimum absolute atomic E-state index is 0.0164. The highest BCUT2D eigenvalue weighted by atomic mass is 16.5. The van der Waals surface area contributed by atoms with Crippen LogP contribution in [0.15, 0.2) is 24.4 Å². The number of aryl methyl sites for hydroxylation is 2. The summed E-state index contributed by atoms with van der Waals surface area (Å²) in [6.45, 7) is 6.94. The van der Waals surface area contributed by atoms with E-state index in [1.54, 1.807) is 6.20 Å². The van der Waals surface area contributed by atoms with Crippen molar-refractivity contribution < 1.29 is 14.3 Å². The molecule has 0 spiro atoms. The average Bonchev–Trinajstić information content (AvgIpc) is 3.13. The van der Waals surface area contributed by atoms with Crippen LogP contribution < -0.4 is 4.74 Å². The van der Waals surface area contributed by atoms with Crippen molar-refractivity contribution in [2.24, 2.45) is 0 Å². The molecule has 1 aromatic heterocycles. The van der Waals surface area contributed by atoms with Crippen molar-refractivity contribution in [1.82, 2.24) is 20.0 Å². The van der Waals surface area contributed by atoms with Gasteiger partial charge in [-0.05, 0) is 50.7 Å². The van der Waals surface area contributed by atoms with E-state index >= 15 is 0 Å². The van der Waals surface area contributed by atoms with Gasteiger partial charge in [0.1, 0.15) is 5.75 Å². The fourth-order valence-electron chi connectivity index (χ4n) is 4.91. The van der Waals surface area contributed by atoms with Gasteiger partial charge in [0, 0.05) is 32.1 Å². The zero-order valence-corrected chi connectivity index (χ0v) is 19.2. The van der Waals surface area contributed by atoms with Crippen LogP contribution in [-0.2, 0) is 4.79 Å². The maximum atomic E-state index is 13.2. The molecular weight excluding hydrogens is 404 g/mol. The fraction of sp³-hybridized carbons (Fsp3) is 0.560. The molecule has 172 valence electrons. The van der Waals surface area contributed by atoms with E-state index in [0.717, 1.165) is 67.9 Å². The quantitative estimate of drug-likeness (QED) is 0.770. The lowest BCUT2D eigenvalue weighted by Gasteiger charge is -2.33. The van der Waals surface area contributed by atoms with Gasteiger partial charge >= 0.3 is 0 Å². The molecule has 7 heteroatoms. The van der Waals surface area contributed by atoms with Crippen LogP contribution in [0.5, 0.6) is 5.75 Å². The number of para-hydroxylation sites is 1. The highest BCUT2D eigenvalue weighted by molar-refractivity contribution is 5.95. The Morgan fingerprint density at radius 3 is 2.44 bits per heavy atom. The number of hydrogen-bond acceptors (Lipinski definition) is 4. The van der Waals surface area contributed by atoms with E-state index in [9.17, 15) is 9.59 Å². The number of rotatable bonds is 5. The number of ether oxygens (including phenoxy) is 1. The Balaban J connectivity index is 1.40. The summed E-state index contributed by atoms with van der Waals surface area (Å²) >= 11 is 0. The van der Waals surface area contributed by atoms with Gasteiger partial charge in [0.15, 0.2) is 6.61 Å². The standard InChI is InChI=1S/C25H34N4O3/c1-18-9-7-10-19(2)24(18)32-17-22(30)29-14-8-11-20(16-29)23-21(15-26-27-23)25(31)28-12-5-3-4-6-13-28/h7,9-10,15,20H,3-6,8,11-14,16-17H2,1-2H3,(H,26,27)/t20-/m1/s1. The van der Waals surface area contributed by atoms with E-state index < -0.39 is 0 Å². The number of likely N-dealkylation sites (tertiary alicyclic amines) is 2. The number of aromatic nitrogens is 2. The molecule has 2 saturated heterocycles. The maximum Gasteiger partial charge on any atom is 0.260 e. The number of carbonyl (C=O) groups excluding carboxylic acids is 2. The molecule has 2 aliphatic heterocycles. The molecule has 1 atom stereocenters. The summed E-state index contributed by atoms with van der Waals surface area (Å²) in [5, 5.41) is 7.28. The molecule has 3 heterocycles. The third-order valence-electron chi connectivity index (χ3n) is 6.72. The predicted octanol–water partition coefficient (Wildman–Crippen LogP) is 3.83. The number of nitrogens with zero attached hydrogens (tertiary/aromatic N) is 3. The second kappa shape index (κ2) is 10.2. The maximum absolute atomic E-state index is 13.2. The van der Waals surface area contributed by atoms with Crippen molar-refractivity contribution in [3.8, 4) is 5.75 Å². The second-order valence-corrected chi connectivity index (χ2v) is 9.09. The number of hydrogen-bond donors (Lipinski definition) is 1. The fourth-order valence-corrected chi connectivity index (χ4v) is 4.91. The van der Waals surface area contributed by atoms with Crippen LogP contribution in [0, 0.1) is 13.8 Å². The largest absolute Gasteiger partial charge is 0.483 e. The molecule has 1 N–H and O–H groups in total. The third kappa shape index (κ3) is 4.97. The van der Waals surface area contributed by atoms with Gasteiger partial charge in [-0.15, -0.1) is 0 Å². The highest BCUT2D eigenvalue weighted by Crippen LogP contribution is 2.29. The lowest BCUT2D eigenvalue weighted by Crippen LogP contribution is -2.42. The molecule has 0 unspecified atom stereocenters. The summed E-state index contributed by atoms with van der Waals surface area (Å²) in [7, 11) is 0. The third-order valence-corrected chi connectivity index (χ3v) is 6.72.